The van der Waals surface area contributed by atoms with Crippen molar-refractivity contribution in [3.63, 3.8) is 0 Å². The predicted octanol–water partition coefficient (Wildman–Crippen LogP) is 0.329. The minimum atomic E-state index is -1.29. The first-order valence-corrected chi connectivity index (χ1v) is 4.48. The van der Waals surface area contributed by atoms with E-state index in [1.54, 1.807) is 31.2 Å². The van der Waals surface area contributed by atoms with E-state index in [2.05, 4.69) is 4.74 Å². The quantitative estimate of drug-likeness (QED) is 0.537. The van der Waals surface area contributed by atoms with Gasteiger partial charge in [0.15, 0.2) is 6.10 Å². The van der Waals surface area contributed by atoms with E-state index in [1.165, 1.54) is 0 Å². The Hall–Kier alpha value is -1.26. The van der Waals surface area contributed by atoms with Crippen LogP contribution in [0, 0.1) is 0 Å². The molecule has 4 nitrogen and oxygen atoms in total. The van der Waals surface area contributed by atoms with Crippen LogP contribution in [0.5, 0.6) is 0 Å². The van der Waals surface area contributed by atoms with Gasteiger partial charge in [-0.1, -0.05) is 0 Å². The molecule has 0 amide bonds. The zero-order valence-corrected chi connectivity index (χ0v) is 8.01. The predicted molar refractivity (Wildman–Crippen MR) is 51.6 cm³/mol. The maximum atomic E-state index is 11.1. The van der Waals surface area contributed by atoms with Gasteiger partial charge < -0.3 is 15.6 Å². The van der Waals surface area contributed by atoms with E-state index in [0.717, 1.165) is 5.56 Å². The van der Waals surface area contributed by atoms with E-state index in [0.29, 0.717) is 0 Å². The number of aliphatic hydroxyl groups is 1. The molecular formula is C10H14NO3-. The first-order chi connectivity index (χ1) is 6.66. The van der Waals surface area contributed by atoms with Crippen LogP contribution < -0.4 is 5.73 Å². The third-order valence-corrected chi connectivity index (χ3v) is 1.94. The normalized spacial score (nSPS) is 14.8. The summed E-state index contributed by atoms with van der Waals surface area (Å²) in [7, 11) is 0. The molecule has 1 aromatic carbocycles. The van der Waals surface area contributed by atoms with Crippen molar-refractivity contribution in [1.29, 1.82) is 0 Å². The molecule has 3 N–H and O–H groups in total. The maximum Gasteiger partial charge on any atom is 0.336 e. The Morgan fingerprint density at radius 1 is 1.79 bits per heavy atom. The van der Waals surface area contributed by atoms with Gasteiger partial charge in [-0.15, -0.1) is 5.56 Å². The van der Waals surface area contributed by atoms with Crippen molar-refractivity contribution in [3.05, 3.63) is 29.8 Å². The Balaban J connectivity index is 2.61. The van der Waals surface area contributed by atoms with Crippen LogP contribution in [0.3, 0.4) is 0 Å². The van der Waals surface area contributed by atoms with E-state index in [-0.39, 0.29) is 6.61 Å². The van der Waals surface area contributed by atoms with Crippen molar-refractivity contribution in [2.75, 3.05) is 6.61 Å². The first-order valence-electron chi connectivity index (χ1n) is 4.48. The summed E-state index contributed by atoms with van der Waals surface area (Å²) < 4.78 is 4.65. The molecule has 0 aromatic heterocycles. The van der Waals surface area contributed by atoms with Crippen molar-refractivity contribution in [2.24, 2.45) is 5.73 Å². The van der Waals surface area contributed by atoms with Crippen molar-refractivity contribution < 1.29 is 14.6 Å². The highest BCUT2D eigenvalue weighted by atomic mass is 16.5. The van der Waals surface area contributed by atoms with E-state index in [1.807, 2.05) is 0 Å². The summed E-state index contributed by atoms with van der Waals surface area (Å²) in [5.41, 5.74) is 6.39. The molecule has 1 rings (SSSR count). The molecule has 0 aliphatic carbocycles. The Labute approximate surface area is 82.7 Å². The summed E-state index contributed by atoms with van der Waals surface area (Å²) in [6, 6.07) is 6.39. The van der Waals surface area contributed by atoms with Crippen LogP contribution in [0.25, 0.3) is 0 Å². The van der Waals surface area contributed by atoms with Gasteiger partial charge in [0.25, 0.3) is 0 Å². The molecule has 14 heavy (non-hydrogen) atoms. The number of nitrogens with two attached hydrogens (primary N) is 1. The molecule has 2 atom stereocenters. The summed E-state index contributed by atoms with van der Waals surface area (Å²) in [6.45, 7) is 1.92. The lowest BCUT2D eigenvalue weighted by atomic mass is 10.1. The van der Waals surface area contributed by atoms with Crippen molar-refractivity contribution in [2.45, 2.75) is 19.1 Å². The van der Waals surface area contributed by atoms with Gasteiger partial charge in [0.1, 0.15) is 0 Å². The van der Waals surface area contributed by atoms with Crippen LogP contribution in [0.4, 0.5) is 0 Å². The molecule has 0 spiro atoms. The average molecular weight is 196 g/mol. The molecule has 0 aliphatic heterocycles. The zero-order chi connectivity index (χ0) is 10.6. The topological polar surface area (TPSA) is 72.5 Å². The molecule has 0 unspecified atom stereocenters. The molecule has 4 heteroatoms. The lowest BCUT2D eigenvalue weighted by molar-refractivity contribution is -0.154. The van der Waals surface area contributed by atoms with Crippen molar-refractivity contribution in [1.82, 2.24) is 0 Å². The maximum absolute atomic E-state index is 11.1. The van der Waals surface area contributed by atoms with Crippen molar-refractivity contribution in [3.8, 4) is 0 Å². The smallest absolute Gasteiger partial charge is 0.336 e. The molecule has 1 aromatic rings. The first kappa shape index (κ1) is 10.8. The second-order valence-electron chi connectivity index (χ2n) is 2.94. The fourth-order valence-corrected chi connectivity index (χ4v) is 1.17. The second-order valence-corrected chi connectivity index (χ2v) is 2.94. The Bertz CT molecular complexity index is 282. The van der Waals surface area contributed by atoms with Crippen LogP contribution in [0.1, 0.15) is 18.5 Å². The number of rotatable bonds is 4. The van der Waals surface area contributed by atoms with Crippen LogP contribution in [0.15, 0.2) is 24.3 Å². The summed E-state index contributed by atoms with van der Waals surface area (Å²) in [4.78, 5) is 11.1. The molecule has 78 valence electrons. The number of carbonyl (C=O) groups is 1. The zero-order valence-electron chi connectivity index (χ0n) is 8.01. The Morgan fingerprint density at radius 2 is 2.50 bits per heavy atom. The second kappa shape index (κ2) is 4.83. The van der Waals surface area contributed by atoms with Crippen LogP contribution >= 0.6 is 0 Å². The van der Waals surface area contributed by atoms with Gasteiger partial charge in [0, 0.05) is 6.04 Å². The summed E-state index contributed by atoms with van der Waals surface area (Å²) in [5.74, 6) is -0.679. The van der Waals surface area contributed by atoms with Crippen LogP contribution in [-0.4, -0.2) is 23.8 Å². The number of hydrogen-bond donors (Lipinski definition) is 2. The fourth-order valence-electron chi connectivity index (χ4n) is 1.17. The highest BCUT2D eigenvalue weighted by Gasteiger charge is 2.23. The highest BCUT2D eigenvalue weighted by molar-refractivity contribution is 5.75. The number of aliphatic hydroxyl groups excluding tert-OH is 1. The largest absolute Gasteiger partial charge is 0.464 e. The van der Waals surface area contributed by atoms with Gasteiger partial charge in [-0.05, 0) is 6.92 Å². The van der Waals surface area contributed by atoms with Crippen LogP contribution in [0.2, 0.25) is 0 Å². The summed E-state index contributed by atoms with van der Waals surface area (Å²) in [6.07, 6.45) is -1.29. The average Bonchev–Trinajstić information content (AvgIpc) is 2.68. The highest BCUT2D eigenvalue weighted by Crippen LogP contribution is 2.15. The molecule has 0 radical (unpaired) electrons. The SMILES string of the molecule is CCOC(=O)[C@@H](O)[C@H](N)c1ccc[cH-]1. The van der Waals surface area contributed by atoms with Crippen molar-refractivity contribution >= 4 is 5.97 Å². The molecule has 0 heterocycles. The molecule has 0 bridgehead atoms. The van der Waals surface area contributed by atoms with Gasteiger partial charge >= 0.3 is 5.97 Å². The van der Waals surface area contributed by atoms with E-state index < -0.39 is 18.1 Å². The van der Waals surface area contributed by atoms with E-state index >= 15 is 0 Å². The number of carbonyl (C=O) groups excluding carboxylic acids is 1. The number of esters is 1. The Morgan fingerprint density at radius 3 is 3.00 bits per heavy atom. The molecule has 0 fully saturated rings. The lowest BCUT2D eigenvalue weighted by Crippen LogP contribution is -2.34. The number of hydrogen-bond acceptors (Lipinski definition) is 4. The lowest BCUT2D eigenvalue weighted by Gasteiger charge is -2.19. The third-order valence-electron chi connectivity index (χ3n) is 1.94. The molecule has 0 saturated carbocycles. The molecule has 0 aliphatic rings. The summed E-state index contributed by atoms with van der Waals surface area (Å²) >= 11 is 0. The minimum absolute atomic E-state index is 0.240. The summed E-state index contributed by atoms with van der Waals surface area (Å²) in [5, 5.41) is 9.49. The fraction of sp³-hybridized carbons (Fsp3) is 0.400. The Kier molecular flexibility index (Phi) is 3.73. The van der Waals surface area contributed by atoms with Crippen LogP contribution in [-0.2, 0) is 9.53 Å². The van der Waals surface area contributed by atoms with Gasteiger partial charge in [-0.25, -0.2) is 16.9 Å². The minimum Gasteiger partial charge on any atom is -0.464 e. The van der Waals surface area contributed by atoms with E-state index in [4.69, 9.17) is 5.73 Å². The van der Waals surface area contributed by atoms with Gasteiger partial charge in [-0.2, -0.15) is 12.1 Å². The van der Waals surface area contributed by atoms with E-state index in [9.17, 15) is 9.90 Å². The third kappa shape index (κ3) is 2.37. The number of ether oxygens (including phenoxy) is 1. The molecule has 0 saturated heterocycles. The monoisotopic (exact) mass is 196 g/mol. The molecular weight excluding hydrogens is 182 g/mol. The van der Waals surface area contributed by atoms with Gasteiger partial charge in [0.05, 0.1) is 6.61 Å². The van der Waals surface area contributed by atoms with Gasteiger partial charge in [-0.3, -0.25) is 0 Å². The van der Waals surface area contributed by atoms with Gasteiger partial charge in [0.2, 0.25) is 0 Å². The standard InChI is InChI=1S/C10H14NO3/c1-2-14-10(13)9(12)8(11)7-5-3-4-6-7/h3-6,8-9,12H,2,11H2,1H3/q-1/t8-,9+/m1/s1.